The Morgan fingerprint density at radius 1 is 0.882 bits per heavy atom. The molecule has 2 aromatic carbocycles. The van der Waals surface area contributed by atoms with Crippen LogP contribution in [0.25, 0.3) is 0 Å². The first kappa shape index (κ1) is 24.9. The topological polar surface area (TPSA) is 92.6 Å². The van der Waals surface area contributed by atoms with Gasteiger partial charge < -0.3 is 25.1 Å². The summed E-state index contributed by atoms with van der Waals surface area (Å²) in [6.07, 6.45) is 7.61. The fourth-order valence-electron chi connectivity index (χ4n) is 3.34. The summed E-state index contributed by atoms with van der Waals surface area (Å²) in [5.74, 6) is 1.13. The van der Waals surface area contributed by atoms with E-state index < -0.39 is 0 Å². The first-order valence-corrected chi connectivity index (χ1v) is 11.8. The van der Waals surface area contributed by atoms with E-state index in [9.17, 15) is 9.59 Å². The van der Waals surface area contributed by atoms with Gasteiger partial charge in [-0.2, -0.15) is 0 Å². The zero-order valence-corrected chi connectivity index (χ0v) is 19.6. The molecule has 7 heteroatoms. The van der Waals surface area contributed by atoms with E-state index in [-0.39, 0.29) is 18.4 Å². The van der Waals surface area contributed by atoms with Gasteiger partial charge in [-0.25, -0.2) is 0 Å². The Hall–Kier alpha value is -3.74. The number of ether oxygens (including phenoxy) is 1. The van der Waals surface area contributed by atoms with Crippen molar-refractivity contribution in [2.24, 2.45) is 0 Å². The smallest absolute Gasteiger partial charge is 0.251 e. The number of carbonyl (C=O) groups excluding carboxylic acids is 2. The number of furan rings is 1. The first-order chi connectivity index (χ1) is 16.6. The highest BCUT2D eigenvalue weighted by atomic mass is 16.5. The molecular formula is C27H33N3O4. The van der Waals surface area contributed by atoms with Crippen molar-refractivity contribution in [3.63, 3.8) is 0 Å². The second kappa shape index (κ2) is 13.7. The van der Waals surface area contributed by atoms with Crippen LogP contribution in [0.4, 0.5) is 11.4 Å². The largest absolute Gasteiger partial charge is 0.494 e. The number of anilines is 2. The number of hydrogen-bond donors (Lipinski definition) is 3. The molecule has 0 unspecified atom stereocenters. The van der Waals surface area contributed by atoms with Crippen LogP contribution in [0.1, 0.15) is 55.1 Å². The van der Waals surface area contributed by atoms with E-state index in [0.717, 1.165) is 24.5 Å². The average molecular weight is 464 g/mol. The Morgan fingerprint density at radius 3 is 2.32 bits per heavy atom. The molecule has 0 bridgehead atoms. The fourth-order valence-corrected chi connectivity index (χ4v) is 3.34. The molecule has 0 fully saturated rings. The number of benzene rings is 2. The molecule has 180 valence electrons. The molecule has 0 aliphatic rings. The molecule has 1 aromatic heterocycles. The second-order valence-electron chi connectivity index (χ2n) is 8.03. The standard InChI is InChI=1S/C27H33N3O4/c1-2-3-4-5-6-17-33-24-15-13-22(14-16-24)28-20-26(31)30-23-11-9-21(10-12-23)27(32)29-19-25-8-7-18-34-25/h7-16,18,28H,2-6,17,19-20H2,1H3,(H,29,32)(H,30,31). The lowest BCUT2D eigenvalue weighted by molar-refractivity contribution is -0.114. The average Bonchev–Trinajstić information content (AvgIpc) is 3.38. The number of carbonyl (C=O) groups is 2. The van der Waals surface area contributed by atoms with Gasteiger partial charge in [0.2, 0.25) is 5.91 Å². The Kier molecular flexibility index (Phi) is 10.1. The molecule has 1 heterocycles. The van der Waals surface area contributed by atoms with Crippen LogP contribution in [-0.2, 0) is 11.3 Å². The molecule has 7 nitrogen and oxygen atoms in total. The maximum absolute atomic E-state index is 12.3. The molecule has 3 N–H and O–H groups in total. The summed E-state index contributed by atoms with van der Waals surface area (Å²) in [4.78, 5) is 24.5. The van der Waals surface area contributed by atoms with Gasteiger partial charge in [0.15, 0.2) is 0 Å². The van der Waals surface area contributed by atoms with E-state index in [0.29, 0.717) is 23.6 Å². The minimum atomic E-state index is -0.208. The van der Waals surface area contributed by atoms with Gasteiger partial charge in [0.1, 0.15) is 11.5 Å². The van der Waals surface area contributed by atoms with Crippen LogP contribution in [0.5, 0.6) is 5.75 Å². The monoisotopic (exact) mass is 463 g/mol. The van der Waals surface area contributed by atoms with Gasteiger partial charge in [0, 0.05) is 16.9 Å². The van der Waals surface area contributed by atoms with E-state index in [1.54, 1.807) is 42.7 Å². The summed E-state index contributed by atoms with van der Waals surface area (Å²) in [6, 6.07) is 17.9. The number of rotatable bonds is 14. The molecule has 0 aliphatic carbocycles. The fraction of sp³-hybridized carbons (Fsp3) is 0.333. The van der Waals surface area contributed by atoms with Crippen LogP contribution in [0.2, 0.25) is 0 Å². The van der Waals surface area contributed by atoms with Gasteiger partial charge in [-0.3, -0.25) is 9.59 Å². The van der Waals surface area contributed by atoms with E-state index in [1.165, 1.54) is 25.7 Å². The Morgan fingerprint density at radius 2 is 1.62 bits per heavy atom. The van der Waals surface area contributed by atoms with Gasteiger partial charge in [-0.15, -0.1) is 0 Å². The van der Waals surface area contributed by atoms with Crippen LogP contribution >= 0.6 is 0 Å². The molecule has 0 aliphatic heterocycles. The van der Waals surface area contributed by atoms with Crippen molar-refractivity contribution in [1.82, 2.24) is 5.32 Å². The number of hydrogen-bond acceptors (Lipinski definition) is 5. The summed E-state index contributed by atoms with van der Waals surface area (Å²) < 4.78 is 11.0. The molecular weight excluding hydrogens is 430 g/mol. The predicted octanol–water partition coefficient (Wildman–Crippen LogP) is 5.61. The third kappa shape index (κ3) is 8.65. The van der Waals surface area contributed by atoms with Gasteiger partial charge in [0.25, 0.3) is 5.91 Å². The minimum absolute atomic E-state index is 0.128. The van der Waals surface area contributed by atoms with Crippen molar-refractivity contribution in [3.05, 3.63) is 78.3 Å². The van der Waals surface area contributed by atoms with Gasteiger partial charge in [-0.1, -0.05) is 32.6 Å². The lowest BCUT2D eigenvalue weighted by atomic mass is 10.2. The van der Waals surface area contributed by atoms with Crippen LogP contribution in [0.3, 0.4) is 0 Å². The van der Waals surface area contributed by atoms with Crippen LogP contribution < -0.4 is 20.7 Å². The summed E-state index contributed by atoms with van der Waals surface area (Å²) in [5, 5.41) is 8.71. The maximum atomic E-state index is 12.3. The maximum Gasteiger partial charge on any atom is 0.251 e. The van der Waals surface area contributed by atoms with E-state index in [4.69, 9.17) is 9.15 Å². The molecule has 34 heavy (non-hydrogen) atoms. The second-order valence-corrected chi connectivity index (χ2v) is 8.03. The highest BCUT2D eigenvalue weighted by Crippen LogP contribution is 2.16. The van der Waals surface area contributed by atoms with Crippen LogP contribution in [0, 0.1) is 0 Å². The number of unbranched alkanes of at least 4 members (excludes halogenated alkanes) is 4. The number of nitrogens with one attached hydrogen (secondary N) is 3. The van der Waals surface area contributed by atoms with Gasteiger partial charge in [0.05, 0.1) is 26.0 Å². The summed E-state index contributed by atoms with van der Waals surface area (Å²) in [5.41, 5.74) is 1.97. The molecule has 0 saturated heterocycles. The van der Waals surface area contributed by atoms with Crippen molar-refractivity contribution in [3.8, 4) is 5.75 Å². The van der Waals surface area contributed by atoms with Crippen molar-refractivity contribution in [2.45, 2.75) is 45.6 Å². The number of amides is 2. The highest BCUT2D eigenvalue weighted by molar-refractivity contribution is 5.96. The van der Waals surface area contributed by atoms with Gasteiger partial charge >= 0.3 is 0 Å². The molecule has 3 aromatic rings. The van der Waals surface area contributed by atoms with E-state index in [2.05, 4.69) is 22.9 Å². The summed E-state index contributed by atoms with van der Waals surface area (Å²) in [6.45, 7) is 3.38. The molecule has 0 atom stereocenters. The molecule has 0 spiro atoms. The third-order valence-corrected chi connectivity index (χ3v) is 5.26. The SMILES string of the molecule is CCCCCCCOc1ccc(NCC(=O)Nc2ccc(C(=O)NCc3ccco3)cc2)cc1. The van der Waals surface area contributed by atoms with E-state index >= 15 is 0 Å². The van der Waals surface area contributed by atoms with Crippen LogP contribution in [0.15, 0.2) is 71.3 Å². The van der Waals surface area contributed by atoms with Crippen LogP contribution in [-0.4, -0.2) is 25.0 Å². The van der Waals surface area contributed by atoms with Gasteiger partial charge in [-0.05, 0) is 67.1 Å². The zero-order chi connectivity index (χ0) is 24.0. The Bertz CT molecular complexity index is 999. The minimum Gasteiger partial charge on any atom is -0.494 e. The lowest BCUT2D eigenvalue weighted by Gasteiger charge is -2.10. The van der Waals surface area contributed by atoms with Crippen molar-refractivity contribution < 1.29 is 18.7 Å². The van der Waals surface area contributed by atoms with Crippen molar-refractivity contribution >= 4 is 23.2 Å². The quantitative estimate of drug-likeness (QED) is 0.270. The summed E-state index contributed by atoms with van der Waals surface area (Å²) in [7, 11) is 0. The first-order valence-electron chi connectivity index (χ1n) is 11.8. The predicted molar refractivity (Wildman–Crippen MR) is 134 cm³/mol. The molecule has 0 radical (unpaired) electrons. The molecule has 0 saturated carbocycles. The zero-order valence-electron chi connectivity index (χ0n) is 19.6. The normalized spacial score (nSPS) is 10.5. The molecule has 2 amide bonds. The Labute approximate surface area is 200 Å². The molecule has 3 rings (SSSR count). The van der Waals surface area contributed by atoms with E-state index in [1.807, 2.05) is 24.3 Å². The van der Waals surface area contributed by atoms with Crippen molar-refractivity contribution in [2.75, 3.05) is 23.8 Å². The Balaban J connectivity index is 1.35. The highest BCUT2D eigenvalue weighted by Gasteiger charge is 2.08. The summed E-state index contributed by atoms with van der Waals surface area (Å²) >= 11 is 0. The lowest BCUT2D eigenvalue weighted by Crippen LogP contribution is -2.23. The van der Waals surface area contributed by atoms with Crippen molar-refractivity contribution in [1.29, 1.82) is 0 Å². The third-order valence-electron chi connectivity index (χ3n) is 5.26.